The van der Waals surface area contributed by atoms with Crippen LogP contribution in [0.2, 0.25) is 0 Å². The molecular formula is C13H10N4O. The van der Waals surface area contributed by atoms with Crippen LogP contribution in [0.5, 0.6) is 0 Å². The van der Waals surface area contributed by atoms with Gasteiger partial charge in [-0.2, -0.15) is 4.98 Å². The Balaban J connectivity index is 2.08. The van der Waals surface area contributed by atoms with E-state index in [0.29, 0.717) is 18.0 Å². The van der Waals surface area contributed by atoms with E-state index in [0.717, 1.165) is 11.3 Å². The molecule has 1 N–H and O–H groups in total. The summed E-state index contributed by atoms with van der Waals surface area (Å²) in [6.45, 7) is 0. The molecule has 2 heterocycles. The third-order valence-corrected chi connectivity index (χ3v) is 2.60. The zero-order valence-corrected chi connectivity index (χ0v) is 9.45. The Morgan fingerprint density at radius 2 is 1.94 bits per heavy atom. The first kappa shape index (κ1) is 10.5. The number of imidazole rings is 1. The van der Waals surface area contributed by atoms with Crippen LogP contribution in [0.1, 0.15) is 0 Å². The molecule has 5 heteroatoms. The summed E-state index contributed by atoms with van der Waals surface area (Å²) in [5.41, 5.74) is 1.89. The topological polar surface area (TPSA) is 59.3 Å². The van der Waals surface area contributed by atoms with Crippen molar-refractivity contribution in [1.82, 2.24) is 14.4 Å². The number of hydrogen-bond acceptors (Lipinski definition) is 3. The zero-order chi connectivity index (χ0) is 12.4. The molecule has 1 amide bonds. The summed E-state index contributed by atoms with van der Waals surface area (Å²) < 4.78 is 1.82. The summed E-state index contributed by atoms with van der Waals surface area (Å²) in [6, 6.07) is 11.6. The first-order valence-corrected chi connectivity index (χ1v) is 5.48. The molecule has 88 valence electrons. The van der Waals surface area contributed by atoms with Crippen molar-refractivity contribution in [2.45, 2.75) is 0 Å². The number of nitrogens with zero attached hydrogens (tertiary/aromatic N) is 3. The number of fused-ring (bicyclic) bond motifs is 1. The molecule has 1 aromatic carbocycles. The second-order valence-electron chi connectivity index (χ2n) is 3.77. The fraction of sp³-hybridized carbons (Fsp3) is 0. The first-order valence-electron chi connectivity index (χ1n) is 5.48. The van der Waals surface area contributed by atoms with Crippen molar-refractivity contribution in [3.63, 3.8) is 0 Å². The van der Waals surface area contributed by atoms with Gasteiger partial charge in [-0.3, -0.25) is 9.20 Å². The number of rotatable bonds is 3. The Hall–Kier alpha value is -2.69. The zero-order valence-electron chi connectivity index (χ0n) is 9.45. The van der Waals surface area contributed by atoms with Crippen LogP contribution >= 0.6 is 0 Å². The van der Waals surface area contributed by atoms with Crippen LogP contribution in [0.3, 0.4) is 0 Å². The van der Waals surface area contributed by atoms with Gasteiger partial charge in [0.15, 0.2) is 0 Å². The molecule has 3 aromatic rings. The van der Waals surface area contributed by atoms with Gasteiger partial charge in [0.05, 0.1) is 5.69 Å². The van der Waals surface area contributed by atoms with Gasteiger partial charge in [0, 0.05) is 18.0 Å². The van der Waals surface area contributed by atoms with Gasteiger partial charge in [-0.1, -0.05) is 30.3 Å². The lowest BCUT2D eigenvalue weighted by Gasteiger charge is -1.96. The van der Waals surface area contributed by atoms with Crippen molar-refractivity contribution in [2.75, 3.05) is 5.32 Å². The average Bonchev–Trinajstić information content (AvgIpc) is 2.83. The summed E-state index contributed by atoms with van der Waals surface area (Å²) in [5, 5.41) is 2.50. The molecule has 0 aliphatic heterocycles. The molecule has 0 saturated carbocycles. The molecule has 0 radical (unpaired) electrons. The molecule has 0 atom stereocenters. The van der Waals surface area contributed by atoms with Gasteiger partial charge in [-0.25, -0.2) is 4.98 Å². The normalized spacial score (nSPS) is 10.4. The maximum absolute atomic E-state index is 10.4. The minimum atomic E-state index is 0.489. The van der Waals surface area contributed by atoms with Gasteiger partial charge in [-0.15, -0.1) is 0 Å². The molecule has 18 heavy (non-hydrogen) atoms. The summed E-state index contributed by atoms with van der Waals surface area (Å²) in [7, 11) is 0. The van der Waals surface area contributed by atoms with Crippen LogP contribution in [0, 0.1) is 0 Å². The highest BCUT2D eigenvalue weighted by molar-refractivity contribution is 5.69. The number of carbonyl (C=O) groups is 1. The van der Waals surface area contributed by atoms with Crippen molar-refractivity contribution in [3.8, 4) is 11.3 Å². The van der Waals surface area contributed by atoms with Crippen LogP contribution in [0.15, 0.2) is 48.8 Å². The van der Waals surface area contributed by atoms with Crippen molar-refractivity contribution >= 4 is 18.0 Å². The van der Waals surface area contributed by atoms with Crippen LogP contribution in [0.4, 0.5) is 5.82 Å². The van der Waals surface area contributed by atoms with E-state index >= 15 is 0 Å². The van der Waals surface area contributed by atoms with E-state index in [-0.39, 0.29) is 0 Å². The van der Waals surface area contributed by atoms with Gasteiger partial charge in [-0.05, 0) is 6.07 Å². The SMILES string of the molecule is O=CNc1ccn2cc(-c3ccccc3)nc2n1. The fourth-order valence-electron chi connectivity index (χ4n) is 1.76. The fourth-order valence-corrected chi connectivity index (χ4v) is 1.76. The smallest absolute Gasteiger partial charge is 0.236 e. The monoisotopic (exact) mass is 238 g/mol. The molecule has 0 aliphatic carbocycles. The molecule has 0 saturated heterocycles. The lowest BCUT2D eigenvalue weighted by molar-refractivity contribution is -0.105. The van der Waals surface area contributed by atoms with E-state index in [1.165, 1.54) is 0 Å². The molecule has 5 nitrogen and oxygen atoms in total. The molecular weight excluding hydrogens is 228 g/mol. The number of hydrogen-bond donors (Lipinski definition) is 1. The van der Waals surface area contributed by atoms with Crippen molar-refractivity contribution in [3.05, 3.63) is 48.8 Å². The third-order valence-electron chi connectivity index (χ3n) is 2.60. The Labute approximate surface area is 103 Å². The number of anilines is 1. The number of nitrogens with one attached hydrogen (secondary N) is 1. The van der Waals surface area contributed by atoms with Crippen LogP contribution in [-0.4, -0.2) is 20.8 Å². The molecule has 0 spiro atoms. The van der Waals surface area contributed by atoms with E-state index in [1.54, 1.807) is 6.07 Å². The molecule has 3 rings (SSSR count). The Bertz CT molecular complexity index is 691. The van der Waals surface area contributed by atoms with Gasteiger partial charge >= 0.3 is 0 Å². The van der Waals surface area contributed by atoms with E-state index in [1.807, 2.05) is 47.1 Å². The van der Waals surface area contributed by atoms with Crippen molar-refractivity contribution < 1.29 is 4.79 Å². The largest absolute Gasteiger partial charge is 0.313 e. The number of carbonyl (C=O) groups excluding carboxylic acids is 1. The highest BCUT2D eigenvalue weighted by Gasteiger charge is 2.05. The average molecular weight is 238 g/mol. The van der Waals surface area contributed by atoms with Crippen molar-refractivity contribution in [1.29, 1.82) is 0 Å². The number of benzene rings is 1. The van der Waals surface area contributed by atoms with Gasteiger partial charge < -0.3 is 5.32 Å². The second-order valence-corrected chi connectivity index (χ2v) is 3.77. The summed E-state index contributed by atoms with van der Waals surface area (Å²) in [5.74, 6) is 1.04. The number of aromatic nitrogens is 3. The number of amides is 1. The van der Waals surface area contributed by atoms with Crippen LogP contribution in [0.25, 0.3) is 17.0 Å². The maximum Gasteiger partial charge on any atom is 0.236 e. The second kappa shape index (κ2) is 4.29. The van der Waals surface area contributed by atoms with E-state index in [2.05, 4.69) is 15.3 Å². The minimum absolute atomic E-state index is 0.489. The molecule has 2 aromatic heterocycles. The Morgan fingerprint density at radius 3 is 2.72 bits per heavy atom. The lowest BCUT2D eigenvalue weighted by Crippen LogP contribution is -1.98. The van der Waals surface area contributed by atoms with Crippen LogP contribution < -0.4 is 5.32 Å². The van der Waals surface area contributed by atoms with Crippen molar-refractivity contribution in [2.24, 2.45) is 0 Å². The maximum atomic E-state index is 10.4. The van der Waals surface area contributed by atoms with E-state index < -0.39 is 0 Å². The van der Waals surface area contributed by atoms with Gasteiger partial charge in [0.25, 0.3) is 0 Å². The van der Waals surface area contributed by atoms with Gasteiger partial charge in [0.2, 0.25) is 12.2 Å². The Kier molecular flexibility index (Phi) is 2.49. The van der Waals surface area contributed by atoms with E-state index in [4.69, 9.17) is 0 Å². The standard InChI is InChI=1S/C13H10N4O/c18-9-14-12-6-7-17-8-11(15-13(17)16-12)10-4-2-1-3-5-10/h1-9H,(H,14,15,16,18). The predicted molar refractivity (Wildman–Crippen MR) is 68.1 cm³/mol. The predicted octanol–water partition coefficient (Wildman–Crippen LogP) is 1.96. The molecule has 0 unspecified atom stereocenters. The first-order chi connectivity index (χ1) is 8.86. The molecule has 0 bridgehead atoms. The third kappa shape index (κ3) is 1.82. The van der Waals surface area contributed by atoms with Crippen LogP contribution in [-0.2, 0) is 4.79 Å². The Morgan fingerprint density at radius 1 is 1.11 bits per heavy atom. The highest BCUT2D eigenvalue weighted by Crippen LogP contribution is 2.18. The molecule has 0 aliphatic rings. The minimum Gasteiger partial charge on any atom is -0.313 e. The highest BCUT2D eigenvalue weighted by atomic mass is 16.1. The summed E-state index contributed by atoms with van der Waals surface area (Å²) in [6.07, 6.45) is 4.32. The summed E-state index contributed by atoms with van der Waals surface area (Å²) >= 11 is 0. The quantitative estimate of drug-likeness (QED) is 0.709. The van der Waals surface area contributed by atoms with Gasteiger partial charge in [0.1, 0.15) is 5.82 Å². The molecule has 0 fully saturated rings. The summed E-state index contributed by atoms with van der Waals surface area (Å²) in [4.78, 5) is 19.0. The lowest BCUT2D eigenvalue weighted by atomic mass is 10.2. The van der Waals surface area contributed by atoms with E-state index in [9.17, 15) is 4.79 Å².